The predicted molar refractivity (Wildman–Crippen MR) is 49.5 cm³/mol. The molecule has 54 valence electrons. The molecule has 0 aromatic rings. The molecule has 0 fully saturated rings. The highest BCUT2D eigenvalue weighted by Crippen LogP contribution is 2.18. The molecule has 0 spiro atoms. The zero-order valence-corrected chi connectivity index (χ0v) is 7.81. The molecule has 0 aliphatic rings. The van der Waals surface area contributed by atoms with Crippen LogP contribution in [-0.2, 0) is 4.79 Å². The Kier molecular flexibility index (Phi) is 5.94. The standard InChI is InChI=1S/C5H10OS3/c1-2-5(8)9-4(6)3-7/h5,7-8H,2-3H2,1H3. The number of hydrogen-bond acceptors (Lipinski definition) is 4. The van der Waals surface area contributed by atoms with E-state index in [1.807, 2.05) is 6.92 Å². The highest BCUT2D eigenvalue weighted by molar-refractivity contribution is 8.21. The fourth-order valence-electron chi connectivity index (χ4n) is 0.272. The van der Waals surface area contributed by atoms with Crippen LogP contribution in [0.25, 0.3) is 0 Å². The average molecular weight is 182 g/mol. The third-order valence-corrected chi connectivity index (χ3v) is 2.94. The largest absolute Gasteiger partial charge is 0.286 e. The maximum atomic E-state index is 10.6. The molecular formula is C5H10OS3. The first-order valence-electron chi connectivity index (χ1n) is 2.69. The molecule has 1 unspecified atom stereocenters. The molecular weight excluding hydrogens is 172 g/mol. The minimum atomic E-state index is 0.0974. The van der Waals surface area contributed by atoms with Gasteiger partial charge in [-0.25, -0.2) is 0 Å². The summed E-state index contributed by atoms with van der Waals surface area (Å²) in [7, 11) is 0. The monoisotopic (exact) mass is 182 g/mol. The summed E-state index contributed by atoms with van der Waals surface area (Å²) in [5.74, 6) is 0.307. The summed E-state index contributed by atoms with van der Waals surface area (Å²) in [6.07, 6.45) is 0.910. The molecule has 0 N–H and O–H groups in total. The Labute approximate surface area is 70.8 Å². The van der Waals surface area contributed by atoms with Crippen molar-refractivity contribution in [2.24, 2.45) is 0 Å². The molecule has 1 nitrogen and oxygen atoms in total. The minimum absolute atomic E-state index is 0.0974. The first kappa shape index (κ1) is 9.72. The first-order valence-corrected chi connectivity index (χ1v) is 4.72. The number of thioether (sulfide) groups is 1. The van der Waals surface area contributed by atoms with E-state index in [1.54, 1.807) is 0 Å². The van der Waals surface area contributed by atoms with Gasteiger partial charge in [0.2, 0.25) is 0 Å². The SMILES string of the molecule is CCC(S)SC(=O)CS. The van der Waals surface area contributed by atoms with E-state index in [-0.39, 0.29) is 9.70 Å². The maximum Gasteiger partial charge on any atom is 0.199 e. The summed E-state index contributed by atoms with van der Waals surface area (Å²) in [6.45, 7) is 2.00. The van der Waals surface area contributed by atoms with Crippen LogP contribution in [0.15, 0.2) is 0 Å². The molecule has 0 radical (unpaired) electrons. The van der Waals surface area contributed by atoms with Crippen LogP contribution in [0.4, 0.5) is 0 Å². The van der Waals surface area contributed by atoms with Gasteiger partial charge in [-0.05, 0) is 6.42 Å². The average Bonchev–Trinajstić information content (AvgIpc) is 1.87. The van der Waals surface area contributed by atoms with E-state index < -0.39 is 0 Å². The normalized spacial score (nSPS) is 13.2. The van der Waals surface area contributed by atoms with E-state index in [9.17, 15) is 4.79 Å². The summed E-state index contributed by atoms with van der Waals surface area (Å²) in [5, 5.41) is 0.0974. The van der Waals surface area contributed by atoms with Gasteiger partial charge >= 0.3 is 0 Å². The molecule has 9 heavy (non-hydrogen) atoms. The van der Waals surface area contributed by atoms with Gasteiger partial charge in [-0.1, -0.05) is 18.7 Å². The molecule has 0 heterocycles. The van der Waals surface area contributed by atoms with Crippen molar-refractivity contribution in [3.8, 4) is 0 Å². The minimum Gasteiger partial charge on any atom is -0.286 e. The van der Waals surface area contributed by atoms with Gasteiger partial charge in [0.1, 0.15) is 0 Å². The van der Waals surface area contributed by atoms with Gasteiger partial charge < -0.3 is 0 Å². The van der Waals surface area contributed by atoms with Crippen LogP contribution >= 0.6 is 37.0 Å². The predicted octanol–water partition coefficient (Wildman–Crippen LogP) is 1.84. The summed E-state index contributed by atoms with van der Waals surface area (Å²) in [4.78, 5) is 10.6. The van der Waals surface area contributed by atoms with Crippen LogP contribution < -0.4 is 0 Å². The highest BCUT2D eigenvalue weighted by atomic mass is 32.2. The van der Waals surface area contributed by atoms with Crippen LogP contribution in [0.2, 0.25) is 0 Å². The van der Waals surface area contributed by atoms with Gasteiger partial charge in [0, 0.05) is 0 Å². The lowest BCUT2D eigenvalue weighted by Gasteiger charge is -2.02. The maximum absolute atomic E-state index is 10.6. The van der Waals surface area contributed by atoms with Crippen molar-refractivity contribution in [1.82, 2.24) is 0 Å². The number of hydrogen-bond donors (Lipinski definition) is 2. The molecule has 0 saturated heterocycles. The van der Waals surface area contributed by atoms with Crippen molar-refractivity contribution in [3.63, 3.8) is 0 Å². The van der Waals surface area contributed by atoms with Gasteiger partial charge in [0.15, 0.2) is 5.12 Å². The lowest BCUT2D eigenvalue weighted by molar-refractivity contribution is -0.108. The van der Waals surface area contributed by atoms with Crippen LogP contribution in [0.5, 0.6) is 0 Å². The van der Waals surface area contributed by atoms with Gasteiger partial charge in [0.25, 0.3) is 0 Å². The molecule has 0 saturated carbocycles. The fourth-order valence-corrected chi connectivity index (χ4v) is 1.39. The lowest BCUT2D eigenvalue weighted by atomic mass is 10.6. The molecule has 1 atom stereocenters. The Morgan fingerprint density at radius 2 is 2.33 bits per heavy atom. The number of thiol groups is 2. The fraction of sp³-hybridized carbons (Fsp3) is 0.800. The number of carbonyl (C=O) groups excluding carboxylic acids is 1. The Morgan fingerprint density at radius 1 is 1.78 bits per heavy atom. The molecule has 0 aromatic heterocycles. The van der Waals surface area contributed by atoms with E-state index in [0.29, 0.717) is 5.75 Å². The van der Waals surface area contributed by atoms with Gasteiger partial charge in [0.05, 0.1) is 10.3 Å². The highest BCUT2D eigenvalue weighted by Gasteiger charge is 2.05. The molecule has 0 aliphatic carbocycles. The van der Waals surface area contributed by atoms with Crippen LogP contribution in [0.1, 0.15) is 13.3 Å². The second-order valence-electron chi connectivity index (χ2n) is 1.51. The molecule has 0 bridgehead atoms. The Hall–Kier alpha value is 0.720. The Balaban J connectivity index is 3.34. The van der Waals surface area contributed by atoms with Crippen LogP contribution in [0, 0.1) is 0 Å². The molecule has 0 aromatic carbocycles. The van der Waals surface area contributed by atoms with Gasteiger partial charge in [-0.3, -0.25) is 4.79 Å². The zero-order valence-electron chi connectivity index (χ0n) is 5.20. The molecule has 0 amide bonds. The van der Waals surface area contributed by atoms with Crippen molar-refractivity contribution in [3.05, 3.63) is 0 Å². The van der Waals surface area contributed by atoms with Crippen molar-refractivity contribution < 1.29 is 4.79 Å². The van der Waals surface area contributed by atoms with E-state index in [1.165, 1.54) is 11.8 Å². The van der Waals surface area contributed by atoms with Gasteiger partial charge in [-0.15, -0.1) is 0 Å². The zero-order chi connectivity index (χ0) is 7.28. The number of rotatable bonds is 3. The second kappa shape index (κ2) is 5.50. The topological polar surface area (TPSA) is 17.1 Å². The lowest BCUT2D eigenvalue weighted by Crippen LogP contribution is -1.99. The van der Waals surface area contributed by atoms with Crippen LogP contribution in [-0.4, -0.2) is 15.5 Å². The van der Waals surface area contributed by atoms with E-state index in [4.69, 9.17) is 0 Å². The summed E-state index contributed by atoms with van der Waals surface area (Å²) in [6, 6.07) is 0. The number of carbonyl (C=O) groups is 1. The molecule has 0 rings (SSSR count). The molecule has 0 aliphatic heterocycles. The molecule has 4 heteroatoms. The third kappa shape index (κ3) is 5.18. The van der Waals surface area contributed by atoms with Gasteiger partial charge in [-0.2, -0.15) is 25.3 Å². The first-order chi connectivity index (χ1) is 4.20. The van der Waals surface area contributed by atoms with Crippen molar-refractivity contribution in [2.45, 2.75) is 17.9 Å². The smallest absolute Gasteiger partial charge is 0.199 e. The van der Waals surface area contributed by atoms with Crippen molar-refractivity contribution in [1.29, 1.82) is 0 Å². The summed E-state index contributed by atoms with van der Waals surface area (Å²) in [5.41, 5.74) is 0. The summed E-state index contributed by atoms with van der Waals surface area (Å²) >= 11 is 9.20. The quantitative estimate of drug-likeness (QED) is 0.512. The Morgan fingerprint density at radius 3 is 2.67 bits per heavy atom. The van der Waals surface area contributed by atoms with E-state index >= 15 is 0 Å². The van der Waals surface area contributed by atoms with Crippen LogP contribution in [0.3, 0.4) is 0 Å². The Bertz CT molecular complexity index is 94.2. The van der Waals surface area contributed by atoms with E-state index in [2.05, 4.69) is 25.3 Å². The van der Waals surface area contributed by atoms with E-state index in [0.717, 1.165) is 6.42 Å². The van der Waals surface area contributed by atoms with Crippen molar-refractivity contribution in [2.75, 3.05) is 5.75 Å². The van der Waals surface area contributed by atoms with Crippen molar-refractivity contribution >= 4 is 42.1 Å². The second-order valence-corrected chi connectivity index (χ2v) is 4.06. The third-order valence-electron chi connectivity index (χ3n) is 0.746. The summed E-state index contributed by atoms with van der Waals surface area (Å²) < 4.78 is 0.143.